The zero-order chi connectivity index (χ0) is 18.2. The van der Waals surface area contributed by atoms with E-state index in [0.717, 1.165) is 6.42 Å². The third-order valence-electron chi connectivity index (χ3n) is 3.56. The quantitative estimate of drug-likeness (QED) is 0.804. The Bertz CT molecular complexity index is 745. The molecule has 0 saturated carbocycles. The molecular formula is C19H22N2O4. The SMILES string of the molecule is CCCC(=O)Nc1cc(OC)c(NC(=O)c2ccccc2)cc1OC. The average molecular weight is 342 g/mol. The van der Waals surface area contributed by atoms with Crippen molar-refractivity contribution in [1.82, 2.24) is 0 Å². The van der Waals surface area contributed by atoms with E-state index in [-0.39, 0.29) is 11.8 Å². The predicted molar refractivity (Wildman–Crippen MR) is 97.5 cm³/mol. The van der Waals surface area contributed by atoms with E-state index >= 15 is 0 Å². The van der Waals surface area contributed by atoms with Crippen molar-refractivity contribution in [3.05, 3.63) is 48.0 Å². The molecule has 0 bridgehead atoms. The van der Waals surface area contributed by atoms with Gasteiger partial charge in [0.1, 0.15) is 11.5 Å². The van der Waals surface area contributed by atoms with Gasteiger partial charge in [-0.05, 0) is 18.6 Å². The summed E-state index contributed by atoms with van der Waals surface area (Å²) in [6.07, 6.45) is 1.16. The van der Waals surface area contributed by atoms with Crippen LogP contribution in [-0.4, -0.2) is 26.0 Å². The van der Waals surface area contributed by atoms with E-state index < -0.39 is 0 Å². The standard InChI is InChI=1S/C19H22N2O4/c1-4-8-18(22)20-14-11-17(25-3)15(12-16(14)24-2)21-19(23)13-9-6-5-7-10-13/h5-7,9-12H,4,8H2,1-3H3,(H,20,22)(H,21,23). The van der Waals surface area contributed by atoms with Gasteiger partial charge in [-0.3, -0.25) is 9.59 Å². The fourth-order valence-electron chi connectivity index (χ4n) is 2.32. The van der Waals surface area contributed by atoms with Gasteiger partial charge in [-0.15, -0.1) is 0 Å². The van der Waals surface area contributed by atoms with E-state index in [1.54, 1.807) is 36.4 Å². The van der Waals surface area contributed by atoms with Crippen molar-refractivity contribution in [2.75, 3.05) is 24.9 Å². The van der Waals surface area contributed by atoms with Gasteiger partial charge in [-0.25, -0.2) is 0 Å². The second kappa shape index (κ2) is 8.73. The number of rotatable bonds is 7. The van der Waals surface area contributed by atoms with Crippen LogP contribution >= 0.6 is 0 Å². The van der Waals surface area contributed by atoms with Crippen LogP contribution in [0.25, 0.3) is 0 Å². The molecule has 0 radical (unpaired) electrons. The molecule has 0 atom stereocenters. The summed E-state index contributed by atoms with van der Waals surface area (Å²) in [6, 6.07) is 12.1. The second-order valence-electron chi connectivity index (χ2n) is 5.37. The molecule has 132 valence electrons. The summed E-state index contributed by atoms with van der Waals surface area (Å²) in [5, 5.41) is 5.59. The molecule has 0 aromatic heterocycles. The average Bonchev–Trinajstić information content (AvgIpc) is 2.63. The Morgan fingerprint density at radius 1 is 0.920 bits per heavy atom. The fourth-order valence-corrected chi connectivity index (χ4v) is 2.32. The minimum absolute atomic E-state index is 0.107. The molecule has 2 N–H and O–H groups in total. The number of nitrogens with one attached hydrogen (secondary N) is 2. The van der Waals surface area contributed by atoms with Crippen molar-refractivity contribution in [3.63, 3.8) is 0 Å². The first-order valence-electron chi connectivity index (χ1n) is 8.01. The van der Waals surface area contributed by atoms with Gasteiger partial charge >= 0.3 is 0 Å². The van der Waals surface area contributed by atoms with E-state index in [9.17, 15) is 9.59 Å². The second-order valence-corrected chi connectivity index (χ2v) is 5.37. The van der Waals surface area contributed by atoms with Crippen LogP contribution in [0.2, 0.25) is 0 Å². The zero-order valence-corrected chi connectivity index (χ0v) is 14.6. The van der Waals surface area contributed by atoms with Crippen LogP contribution in [0, 0.1) is 0 Å². The smallest absolute Gasteiger partial charge is 0.255 e. The van der Waals surface area contributed by atoms with Gasteiger partial charge in [-0.1, -0.05) is 25.1 Å². The molecular weight excluding hydrogens is 320 g/mol. The van der Waals surface area contributed by atoms with E-state index in [4.69, 9.17) is 9.47 Å². The molecule has 0 spiro atoms. The molecule has 2 aromatic carbocycles. The molecule has 0 saturated heterocycles. The molecule has 0 unspecified atom stereocenters. The van der Waals surface area contributed by atoms with Crippen LogP contribution in [-0.2, 0) is 4.79 Å². The number of carbonyl (C=O) groups is 2. The number of amides is 2. The predicted octanol–water partition coefficient (Wildman–Crippen LogP) is 3.69. The number of hydrogen-bond donors (Lipinski definition) is 2. The van der Waals surface area contributed by atoms with Crippen molar-refractivity contribution in [2.45, 2.75) is 19.8 Å². The van der Waals surface area contributed by atoms with Crippen molar-refractivity contribution in [3.8, 4) is 11.5 Å². The molecule has 2 rings (SSSR count). The number of ether oxygens (including phenoxy) is 2. The maximum Gasteiger partial charge on any atom is 0.255 e. The number of anilines is 2. The van der Waals surface area contributed by atoms with E-state index in [2.05, 4.69) is 10.6 Å². The molecule has 6 heteroatoms. The molecule has 2 amide bonds. The first-order chi connectivity index (χ1) is 12.1. The molecule has 0 aliphatic carbocycles. The maximum absolute atomic E-state index is 12.4. The Morgan fingerprint density at radius 2 is 1.48 bits per heavy atom. The Balaban J connectivity index is 2.29. The molecule has 0 heterocycles. The van der Waals surface area contributed by atoms with Gasteiger partial charge in [0.2, 0.25) is 5.91 Å². The summed E-state index contributed by atoms with van der Waals surface area (Å²) in [7, 11) is 3.00. The Hall–Kier alpha value is -3.02. The van der Waals surface area contributed by atoms with Crippen molar-refractivity contribution in [2.24, 2.45) is 0 Å². The molecule has 6 nitrogen and oxygen atoms in total. The summed E-state index contributed by atoms with van der Waals surface area (Å²) >= 11 is 0. The van der Waals surface area contributed by atoms with Crippen LogP contribution in [0.3, 0.4) is 0 Å². The number of carbonyl (C=O) groups excluding carboxylic acids is 2. The highest BCUT2D eigenvalue weighted by Gasteiger charge is 2.15. The monoisotopic (exact) mass is 342 g/mol. The minimum atomic E-state index is -0.260. The lowest BCUT2D eigenvalue weighted by Gasteiger charge is -2.16. The third-order valence-corrected chi connectivity index (χ3v) is 3.56. The van der Waals surface area contributed by atoms with E-state index in [0.29, 0.717) is 34.9 Å². The molecule has 2 aromatic rings. The van der Waals surface area contributed by atoms with Crippen LogP contribution in [0.4, 0.5) is 11.4 Å². The van der Waals surface area contributed by atoms with E-state index in [1.807, 2.05) is 13.0 Å². The summed E-state index contributed by atoms with van der Waals surface area (Å²) in [6.45, 7) is 1.93. The fraction of sp³-hybridized carbons (Fsp3) is 0.263. The van der Waals surface area contributed by atoms with Gasteiger partial charge in [0, 0.05) is 24.1 Å². The highest BCUT2D eigenvalue weighted by molar-refractivity contribution is 6.05. The summed E-state index contributed by atoms with van der Waals surface area (Å²) in [4.78, 5) is 24.2. The van der Waals surface area contributed by atoms with E-state index in [1.165, 1.54) is 14.2 Å². The van der Waals surface area contributed by atoms with Gasteiger partial charge in [-0.2, -0.15) is 0 Å². The lowest BCUT2D eigenvalue weighted by Crippen LogP contribution is -2.14. The topological polar surface area (TPSA) is 76.7 Å². The molecule has 0 aliphatic rings. The van der Waals surface area contributed by atoms with Gasteiger partial charge in [0.25, 0.3) is 5.91 Å². The largest absolute Gasteiger partial charge is 0.494 e. The van der Waals surface area contributed by atoms with Crippen LogP contribution in [0.1, 0.15) is 30.1 Å². The summed E-state index contributed by atoms with van der Waals surface area (Å²) < 4.78 is 10.7. The van der Waals surface area contributed by atoms with Crippen LogP contribution in [0.5, 0.6) is 11.5 Å². The van der Waals surface area contributed by atoms with Gasteiger partial charge in [0.15, 0.2) is 0 Å². The van der Waals surface area contributed by atoms with Crippen molar-refractivity contribution >= 4 is 23.2 Å². The highest BCUT2D eigenvalue weighted by Crippen LogP contribution is 2.36. The first-order valence-corrected chi connectivity index (χ1v) is 8.01. The normalized spacial score (nSPS) is 10.0. The Morgan fingerprint density at radius 3 is 2.00 bits per heavy atom. The number of benzene rings is 2. The molecule has 0 aliphatic heterocycles. The van der Waals surface area contributed by atoms with Crippen molar-refractivity contribution < 1.29 is 19.1 Å². The molecule has 25 heavy (non-hydrogen) atoms. The summed E-state index contributed by atoms with van der Waals surface area (Å²) in [5.41, 5.74) is 1.49. The Labute approximate surface area is 147 Å². The Kier molecular flexibility index (Phi) is 6.39. The van der Waals surface area contributed by atoms with Crippen LogP contribution in [0.15, 0.2) is 42.5 Å². The third kappa shape index (κ3) is 4.73. The minimum Gasteiger partial charge on any atom is -0.494 e. The lowest BCUT2D eigenvalue weighted by atomic mass is 10.2. The summed E-state index contributed by atoms with van der Waals surface area (Å²) in [5.74, 6) is 0.498. The van der Waals surface area contributed by atoms with Crippen molar-refractivity contribution in [1.29, 1.82) is 0 Å². The maximum atomic E-state index is 12.4. The van der Waals surface area contributed by atoms with Gasteiger partial charge in [0.05, 0.1) is 25.6 Å². The first kappa shape index (κ1) is 18.3. The highest BCUT2D eigenvalue weighted by atomic mass is 16.5. The van der Waals surface area contributed by atoms with Crippen LogP contribution < -0.4 is 20.1 Å². The van der Waals surface area contributed by atoms with Gasteiger partial charge < -0.3 is 20.1 Å². The molecule has 0 fully saturated rings. The zero-order valence-electron chi connectivity index (χ0n) is 14.6. The lowest BCUT2D eigenvalue weighted by molar-refractivity contribution is -0.116. The number of hydrogen-bond acceptors (Lipinski definition) is 4. The number of methoxy groups -OCH3 is 2.